The number of nitrogens with zero attached hydrogens (tertiary/aromatic N) is 4. The van der Waals surface area contributed by atoms with Crippen molar-refractivity contribution in [2.75, 3.05) is 25.2 Å². The van der Waals surface area contributed by atoms with Crippen LogP contribution in [0.1, 0.15) is 32.6 Å². The van der Waals surface area contributed by atoms with Crippen molar-refractivity contribution >= 4 is 18.3 Å². The third-order valence-corrected chi connectivity index (χ3v) is 4.42. The van der Waals surface area contributed by atoms with Crippen molar-refractivity contribution in [3.63, 3.8) is 0 Å². The fourth-order valence-corrected chi connectivity index (χ4v) is 2.82. The SMILES string of the molecule is CCCCC[C@@H](CN(O)C=O)C(=O)NNc1nncc(-c2ccc(OCCO)cc2)n1. The Bertz CT molecular complexity index is 820. The molecule has 0 unspecified atom stereocenters. The van der Waals surface area contributed by atoms with Crippen LogP contribution in [0, 0.1) is 5.92 Å². The Morgan fingerprint density at radius 1 is 1.29 bits per heavy atom. The molecule has 0 bridgehead atoms. The van der Waals surface area contributed by atoms with E-state index in [-0.39, 0.29) is 32.1 Å². The highest BCUT2D eigenvalue weighted by Gasteiger charge is 2.21. The number of unbranched alkanes of at least 4 members (excludes halogenated alkanes) is 2. The number of hydrogen-bond acceptors (Lipinski definition) is 9. The number of nitrogens with one attached hydrogen (secondary N) is 2. The average molecular weight is 432 g/mol. The van der Waals surface area contributed by atoms with E-state index in [9.17, 15) is 14.8 Å². The van der Waals surface area contributed by atoms with Crippen LogP contribution in [0.5, 0.6) is 5.75 Å². The Balaban J connectivity index is 1.98. The number of anilines is 1. The van der Waals surface area contributed by atoms with Gasteiger partial charge in [-0.05, 0) is 30.7 Å². The van der Waals surface area contributed by atoms with Gasteiger partial charge in [0.2, 0.25) is 12.3 Å². The molecular weight excluding hydrogens is 404 g/mol. The van der Waals surface area contributed by atoms with Crippen molar-refractivity contribution in [2.45, 2.75) is 32.6 Å². The predicted octanol–water partition coefficient (Wildman–Crippen LogP) is 1.40. The number of aromatic nitrogens is 3. The lowest BCUT2D eigenvalue weighted by molar-refractivity contribution is -0.154. The van der Waals surface area contributed by atoms with E-state index in [1.54, 1.807) is 24.3 Å². The second-order valence-corrected chi connectivity index (χ2v) is 6.80. The van der Waals surface area contributed by atoms with Gasteiger partial charge in [-0.3, -0.25) is 25.6 Å². The van der Waals surface area contributed by atoms with E-state index < -0.39 is 11.8 Å². The smallest absolute Gasteiger partial charge is 0.262 e. The number of amides is 2. The van der Waals surface area contributed by atoms with Gasteiger partial charge in [0, 0.05) is 5.56 Å². The largest absolute Gasteiger partial charge is 0.491 e. The first-order valence-corrected chi connectivity index (χ1v) is 10.1. The number of carbonyl (C=O) groups is 2. The summed E-state index contributed by atoms with van der Waals surface area (Å²) in [7, 11) is 0. The van der Waals surface area contributed by atoms with Gasteiger partial charge in [0.05, 0.1) is 31.0 Å². The van der Waals surface area contributed by atoms with Crippen LogP contribution < -0.4 is 15.6 Å². The summed E-state index contributed by atoms with van der Waals surface area (Å²) in [4.78, 5) is 27.5. The molecule has 0 aliphatic rings. The van der Waals surface area contributed by atoms with Crippen LogP contribution in [0.15, 0.2) is 30.5 Å². The predicted molar refractivity (Wildman–Crippen MR) is 112 cm³/mol. The maximum Gasteiger partial charge on any atom is 0.262 e. The zero-order valence-corrected chi connectivity index (χ0v) is 17.4. The summed E-state index contributed by atoms with van der Waals surface area (Å²) in [5.74, 6) is -0.268. The number of hydroxylamine groups is 2. The van der Waals surface area contributed by atoms with E-state index in [1.807, 2.05) is 6.92 Å². The van der Waals surface area contributed by atoms with Crippen molar-refractivity contribution in [1.29, 1.82) is 0 Å². The highest BCUT2D eigenvalue weighted by molar-refractivity contribution is 5.80. The zero-order chi connectivity index (χ0) is 22.5. The molecule has 1 atom stereocenters. The number of aliphatic hydroxyl groups is 1. The van der Waals surface area contributed by atoms with Crippen LogP contribution in [-0.2, 0) is 9.59 Å². The van der Waals surface area contributed by atoms with Crippen LogP contribution in [-0.4, -0.2) is 62.6 Å². The van der Waals surface area contributed by atoms with Crippen molar-refractivity contribution in [3.8, 4) is 17.0 Å². The third kappa shape index (κ3) is 8.15. The Labute approximate surface area is 180 Å². The molecule has 168 valence electrons. The average Bonchev–Trinajstić information content (AvgIpc) is 2.81. The lowest BCUT2D eigenvalue weighted by Crippen LogP contribution is -2.40. The molecule has 1 heterocycles. The number of aliphatic hydroxyl groups excluding tert-OH is 1. The highest BCUT2D eigenvalue weighted by Crippen LogP contribution is 2.20. The summed E-state index contributed by atoms with van der Waals surface area (Å²) in [6, 6.07) is 7.07. The molecule has 0 fully saturated rings. The lowest BCUT2D eigenvalue weighted by Gasteiger charge is -2.19. The molecule has 11 nitrogen and oxygen atoms in total. The monoisotopic (exact) mass is 432 g/mol. The van der Waals surface area contributed by atoms with Crippen molar-refractivity contribution < 1.29 is 24.6 Å². The van der Waals surface area contributed by atoms with E-state index in [2.05, 4.69) is 26.0 Å². The second-order valence-electron chi connectivity index (χ2n) is 6.80. The summed E-state index contributed by atoms with van der Waals surface area (Å²) in [5, 5.41) is 26.5. The molecule has 31 heavy (non-hydrogen) atoms. The van der Waals surface area contributed by atoms with Crippen LogP contribution in [0.3, 0.4) is 0 Å². The summed E-state index contributed by atoms with van der Waals surface area (Å²) >= 11 is 0. The normalized spacial score (nSPS) is 11.5. The van der Waals surface area contributed by atoms with E-state index in [0.717, 1.165) is 24.8 Å². The van der Waals surface area contributed by atoms with Crippen molar-refractivity contribution in [3.05, 3.63) is 30.5 Å². The van der Waals surface area contributed by atoms with E-state index in [4.69, 9.17) is 9.84 Å². The van der Waals surface area contributed by atoms with Gasteiger partial charge >= 0.3 is 0 Å². The molecule has 0 radical (unpaired) electrons. The third-order valence-electron chi connectivity index (χ3n) is 4.42. The lowest BCUT2D eigenvalue weighted by atomic mass is 10.0. The highest BCUT2D eigenvalue weighted by atomic mass is 16.5. The summed E-state index contributed by atoms with van der Waals surface area (Å²) < 4.78 is 5.33. The molecule has 2 aromatic rings. The molecular formula is C20H28N6O5. The van der Waals surface area contributed by atoms with Crippen molar-refractivity contribution in [1.82, 2.24) is 25.7 Å². The van der Waals surface area contributed by atoms with Gasteiger partial charge in [0.25, 0.3) is 5.95 Å². The Morgan fingerprint density at radius 3 is 2.74 bits per heavy atom. The van der Waals surface area contributed by atoms with Gasteiger partial charge in [-0.1, -0.05) is 26.2 Å². The van der Waals surface area contributed by atoms with Crippen molar-refractivity contribution in [2.24, 2.45) is 5.92 Å². The number of carbonyl (C=O) groups excluding carboxylic acids is 2. The quantitative estimate of drug-likeness (QED) is 0.150. The molecule has 1 aromatic carbocycles. The summed E-state index contributed by atoms with van der Waals surface area (Å²) in [5.41, 5.74) is 6.44. The molecule has 2 amide bonds. The maximum absolute atomic E-state index is 12.5. The molecule has 0 spiro atoms. The second kappa shape index (κ2) is 13.1. The van der Waals surface area contributed by atoms with Crippen LogP contribution in [0.4, 0.5) is 5.95 Å². The van der Waals surface area contributed by atoms with Crippen LogP contribution >= 0.6 is 0 Å². The first kappa shape index (κ1) is 24.0. The van der Waals surface area contributed by atoms with Gasteiger partial charge in [-0.15, -0.1) is 5.10 Å². The first-order valence-electron chi connectivity index (χ1n) is 10.1. The minimum absolute atomic E-state index is 0.0662. The van der Waals surface area contributed by atoms with Gasteiger partial charge in [0.15, 0.2) is 0 Å². The Kier molecular flexibility index (Phi) is 10.1. The topological polar surface area (TPSA) is 150 Å². The standard InChI is InChI=1S/C20H28N6O5/c1-2-3-4-5-16(13-26(30)14-28)19(29)23-25-20-22-18(12-21-24-20)15-6-8-17(9-7-15)31-11-10-27/h6-9,12,14,16,27,30H,2-5,10-11,13H2,1H3,(H,23,29)(H,22,24,25)/t16-/m0/s1. The molecule has 11 heteroatoms. The first-order chi connectivity index (χ1) is 15.1. The van der Waals surface area contributed by atoms with Crippen LogP contribution in [0.25, 0.3) is 11.3 Å². The van der Waals surface area contributed by atoms with Gasteiger partial charge < -0.3 is 9.84 Å². The number of hydrazine groups is 1. The fraction of sp³-hybridized carbons (Fsp3) is 0.450. The van der Waals surface area contributed by atoms with Gasteiger partial charge in [-0.25, -0.2) is 10.0 Å². The molecule has 0 saturated heterocycles. The van der Waals surface area contributed by atoms with Gasteiger partial charge in [0.1, 0.15) is 12.4 Å². The number of rotatable bonds is 14. The van der Waals surface area contributed by atoms with E-state index in [0.29, 0.717) is 22.9 Å². The van der Waals surface area contributed by atoms with E-state index in [1.165, 1.54) is 6.20 Å². The summed E-state index contributed by atoms with van der Waals surface area (Å²) in [6.07, 6.45) is 5.01. The molecule has 1 aromatic heterocycles. The molecule has 0 saturated carbocycles. The molecule has 0 aliphatic carbocycles. The Hall–Kier alpha value is -3.31. The maximum atomic E-state index is 12.5. The minimum atomic E-state index is -0.586. The fourth-order valence-electron chi connectivity index (χ4n) is 2.82. The number of hydrogen-bond donors (Lipinski definition) is 4. The molecule has 4 N–H and O–H groups in total. The van der Waals surface area contributed by atoms with Crippen LogP contribution in [0.2, 0.25) is 0 Å². The molecule has 2 rings (SSSR count). The summed E-state index contributed by atoms with van der Waals surface area (Å²) in [6.45, 7) is 2.09. The Morgan fingerprint density at radius 2 is 2.06 bits per heavy atom. The number of benzene rings is 1. The van der Waals surface area contributed by atoms with E-state index >= 15 is 0 Å². The van der Waals surface area contributed by atoms with Gasteiger partial charge in [-0.2, -0.15) is 5.10 Å². The number of ether oxygens (including phenoxy) is 1. The zero-order valence-electron chi connectivity index (χ0n) is 17.4. The molecule has 0 aliphatic heterocycles. The minimum Gasteiger partial charge on any atom is -0.491 e.